The first-order valence-electron chi connectivity index (χ1n) is 6.25. The van der Waals surface area contributed by atoms with Crippen LogP contribution in [0.25, 0.3) is 0 Å². The van der Waals surface area contributed by atoms with E-state index < -0.39 is 6.03 Å². The van der Waals surface area contributed by atoms with Crippen LogP contribution < -0.4 is 21.1 Å². The number of aromatic nitrogens is 1. The van der Waals surface area contributed by atoms with Crippen molar-refractivity contribution in [2.24, 2.45) is 5.73 Å². The Morgan fingerprint density at radius 1 is 1.27 bits per heavy atom. The Morgan fingerprint density at radius 3 is 2.59 bits per heavy atom. The summed E-state index contributed by atoms with van der Waals surface area (Å²) in [5, 5.41) is 13.7. The van der Waals surface area contributed by atoms with Gasteiger partial charge in [-0.15, -0.1) is 0 Å². The molecule has 0 radical (unpaired) electrons. The molecule has 1 aromatic heterocycles. The number of rotatable bonds is 5. The number of nitriles is 1. The Morgan fingerprint density at radius 2 is 2.00 bits per heavy atom. The molecule has 22 heavy (non-hydrogen) atoms. The van der Waals surface area contributed by atoms with Gasteiger partial charge in [-0.2, -0.15) is 5.26 Å². The molecular formula is C14H13N5O3. The van der Waals surface area contributed by atoms with E-state index in [1.165, 1.54) is 6.20 Å². The van der Waals surface area contributed by atoms with Crippen LogP contribution in [0, 0.1) is 11.3 Å². The Kier molecular flexibility index (Phi) is 4.62. The second kappa shape index (κ2) is 6.81. The van der Waals surface area contributed by atoms with E-state index in [-0.39, 0.29) is 24.0 Å². The van der Waals surface area contributed by atoms with Crippen molar-refractivity contribution in [2.45, 2.75) is 0 Å². The van der Waals surface area contributed by atoms with E-state index in [2.05, 4.69) is 15.6 Å². The number of benzene rings is 1. The summed E-state index contributed by atoms with van der Waals surface area (Å²) in [5.41, 5.74) is 6.09. The SMILES string of the molecule is N#CCOc1c(NC(N)=O)cccc1NC(=O)c1cc[nH]c1. The van der Waals surface area contributed by atoms with Gasteiger partial charge in [0.25, 0.3) is 5.91 Å². The second-order valence-corrected chi connectivity index (χ2v) is 4.17. The number of hydrogen-bond donors (Lipinski definition) is 4. The van der Waals surface area contributed by atoms with Crippen LogP contribution in [0.3, 0.4) is 0 Å². The van der Waals surface area contributed by atoms with Gasteiger partial charge in [0, 0.05) is 12.4 Å². The van der Waals surface area contributed by atoms with Crippen LogP contribution in [0.15, 0.2) is 36.7 Å². The van der Waals surface area contributed by atoms with Crippen molar-refractivity contribution in [1.82, 2.24) is 4.98 Å². The van der Waals surface area contributed by atoms with E-state index in [9.17, 15) is 9.59 Å². The molecule has 0 unspecified atom stereocenters. The smallest absolute Gasteiger partial charge is 0.316 e. The summed E-state index contributed by atoms with van der Waals surface area (Å²) in [6, 6.07) is 7.39. The number of urea groups is 1. The van der Waals surface area contributed by atoms with E-state index in [4.69, 9.17) is 15.7 Å². The van der Waals surface area contributed by atoms with Gasteiger partial charge in [-0.25, -0.2) is 4.79 Å². The molecule has 0 spiro atoms. The van der Waals surface area contributed by atoms with Crippen LogP contribution in [0.1, 0.15) is 10.4 Å². The molecule has 8 nitrogen and oxygen atoms in total. The van der Waals surface area contributed by atoms with E-state index in [0.717, 1.165) is 0 Å². The van der Waals surface area contributed by atoms with Crippen molar-refractivity contribution in [2.75, 3.05) is 17.2 Å². The van der Waals surface area contributed by atoms with Gasteiger partial charge in [0.05, 0.1) is 16.9 Å². The number of hydrogen-bond acceptors (Lipinski definition) is 4. The molecule has 0 aliphatic rings. The van der Waals surface area contributed by atoms with E-state index >= 15 is 0 Å². The Hall–Kier alpha value is -3.47. The zero-order valence-electron chi connectivity index (χ0n) is 11.4. The number of ether oxygens (including phenoxy) is 1. The van der Waals surface area contributed by atoms with Crippen LogP contribution in [0.5, 0.6) is 5.75 Å². The number of carbonyl (C=O) groups is 2. The largest absolute Gasteiger partial charge is 0.474 e. The number of nitrogens with one attached hydrogen (secondary N) is 3. The standard InChI is InChI=1S/C14H13N5O3/c15-5-7-22-12-10(2-1-3-11(12)19-14(16)21)18-13(20)9-4-6-17-8-9/h1-4,6,8,17H,7H2,(H,18,20)(H3,16,19,21). The summed E-state index contributed by atoms with van der Waals surface area (Å²) in [7, 11) is 0. The van der Waals surface area contributed by atoms with Crippen molar-refractivity contribution in [3.63, 3.8) is 0 Å². The number of primary amides is 1. The van der Waals surface area contributed by atoms with Crippen LogP contribution >= 0.6 is 0 Å². The predicted molar refractivity (Wildman–Crippen MR) is 79.5 cm³/mol. The molecule has 3 amide bonds. The first kappa shape index (κ1) is 14.9. The fourth-order valence-electron chi connectivity index (χ4n) is 1.79. The van der Waals surface area contributed by atoms with Gasteiger partial charge in [0.2, 0.25) is 0 Å². The molecule has 2 rings (SSSR count). The monoisotopic (exact) mass is 299 g/mol. The van der Waals surface area contributed by atoms with Crippen molar-refractivity contribution in [3.05, 3.63) is 42.2 Å². The Bertz CT molecular complexity index is 719. The summed E-state index contributed by atoms with van der Waals surface area (Å²) >= 11 is 0. The molecule has 2 aromatic rings. The molecule has 0 bridgehead atoms. The van der Waals surface area contributed by atoms with Gasteiger partial charge in [-0.05, 0) is 18.2 Å². The number of aromatic amines is 1. The molecule has 1 heterocycles. The first-order chi connectivity index (χ1) is 10.6. The lowest BCUT2D eigenvalue weighted by Gasteiger charge is -2.14. The number of nitrogens with two attached hydrogens (primary N) is 1. The highest BCUT2D eigenvalue weighted by Gasteiger charge is 2.14. The number of anilines is 2. The summed E-state index contributed by atoms with van der Waals surface area (Å²) < 4.78 is 5.28. The summed E-state index contributed by atoms with van der Waals surface area (Å²) in [4.78, 5) is 25.9. The highest BCUT2D eigenvalue weighted by atomic mass is 16.5. The molecule has 1 aromatic carbocycles. The number of H-pyrrole nitrogens is 1. The van der Waals surface area contributed by atoms with Crippen LogP contribution in [0.4, 0.5) is 16.2 Å². The minimum Gasteiger partial charge on any atom is -0.474 e. The van der Waals surface area contributed by atoms with Crippen LogP contribution in [0.2, 0.25) is 0 Å². The van der Waals surface area contributed by atoms with Crippen LogP contribution in [-0.4, -0.2) is 23.5 Å². The molecule has 0 fully saturated rings. The Balaban J connectivity index is 2.30. The summed E-state index contributed by atoms with van der Waals surface area (Å²) in [5.74, 6) is -0.203. The zero-order valence-corrected chi connectivity index (χ0v) is 11.4. The van der Waals surface area contributed by atoms with Gasteiger partial charge >= 0.3 is 6.03 Å². The van der Waals surface area contributed by atoms with E-state index in [1.54, 1.807) is 30.5 Å². The third-order valence-electron chi connectivity index (χ3n) is 2.66. The summed E-state index contributed by atoms with van der Waals surface area (Å²) in [6.45, 7) is -0.246. The molecule has 0 aliphatic heterocycles. The number of amides is 3. The molecular weight excluding hydrogens is 286 g/mol. The van der Waals surface area contributed by atoms with Crippen molar-refractivity contribution in [3.8, 4) is 11.8 Å². The fourth-order valence-corrected chi connectivity index (χ4v) is 1.79. The molecule has 112 valence electrons. The first-order valence-corrected chi connectivity index (χ1v) is 6.25. The fraction of sp³-hybridized carbons (Fsp3) is 0.0714. The van der Waals surface area contributed by atoms with Gasteiger partial charge in [-0.1, -0.05) is 6.07 Å². The molecule has 0 saturated carbocycles. The highest BCUT2D eigenvalue weighted by Crippen LogP contribution is 2.33. The quantitative estimate of drug-likeness (QED) is 0.668. The maximum absolute atomic E-state index is 12.1. The zero-order chi connectivity index (χ0) is 15.9. The highest BCUT2D eigenvalue weighted by molar-refractivity contribution is 6.05. The van der Waals surface area contributed by atoms with E-state index in [1.807, 2.05) is 6.07 Å². The van der Waals surface area contributed by atoms with Crippen molar-refractivity contribution >= 4 is 23.3 Å². The third kappa shape index (κ3) is 3.55. The van der Waals surface area contributed by atoms with Crippen LogP contribution in [-0.2, 0) is 0 Å². The van der Waals surface area contributed by atoms with Gasteiger partial charge < -0.3 is 26.1 Å². The number of nitrogens with zero attached hydrogens (tertiary/aromatic N) is 1. The van der Waals surface area contributed by atoms with Crippen molar-refractivity contribution < 1.29 is 14.3 Å². The predicted octanol–water partition coefficient (Wildman–Crippen LogP) is 1.66. The Labute approximate surface area is 125 Å². The average molecular weight is 299 g/mol. The molecule has 5 N–H and O–H groups in total. The van der Waals surface area contributed by atoms with Gasteiger partial charge in [0.1, 0.15) is 6.07 Å². The minimum absolute atomic E-state index is 0.159. The second-order valence-electron chi connectivity index (χ2n) is 4.17. The van der Waals surface area contributed by atoms with E-state index in [0.29, 0.717) is 11.3 Å². The molecule has 0 saturated heterocycles. The lowest BCUT2D eigenvalue weighted by molar-refractivity contribution is 0.102. The maximum Gasteiger partial charge on any atom is 0.316 e. The van der Waals surface area contributed by atoms with Crippen molar-refractivity contribution in [1.29, 1.82) is 5.26 Å². The molecule has 0 atom stereocenters. The maximum atomic E-state index is 12.1. The topological polar surface area (TPSA) is 133 Å². The number of carbonyl (C=O) groups excluding carboxylic acids is 2. The minimum atomic E-state index is -0.782. The third-order valence-corrected chi connectivity index (χ3v) is 2.66. The van der Waals surface area contributed by atoms with Gasteiger partial charge in [0.15, 0.2) is 12.4 Å². The summed E-state index contributed by atoms with van der Waals surface area (Å²) in [6.07, 6.45) is 3.16. The molecule has 0 aliphatic carbocycles. The molecule has 8 heteroatoms. The van der Waals surface area contributed by atoms with Gasteiger partial charge in [-0.3, -0.25) is 4.79 Å². The average Bonchev–Trinajstić information content (AvgIpc) is 3.00. The lowest BCUT2D eigenvalue weighted by Crippen LogP contribution is -2.20. The normalized spacial score (nSPS) is 9.59. The number of para-hydroxylation sites is 1. The lowest BCUT2D eigenvalue weighted by atomic mass is 10.2.